The van der Waals surface area contributed by atoms with Gasteiger partial charge in [0, 0.05) is 51.4 Å². The predicted octanol–water partition coefficient (Wildman–Crippen LogP) is 2.68. The highest BCUT2D eigenvalue weighted by molar-refractivity contribution is 6.31. The van der Waals surface area contributed by atoms with Crippen molar-refractivity contribution < 1.29 is 18.1 Å². The van der Waals surface area contributed by atoms with Crippen LogP contribution in [0.25, 0.3) is 0 Å². The number of fused-ring (bicyclic) bond motifs is 3. The Bertz CT molecular complexity index is 648. The van der Waals surface area contributed by atoms with Crippen molar-refractivity contribution in [3.63, 3.8) is 0 Å². The standard InChI is InChI=1S/C14H16ClF3N4O2/c15-11-6-12(13(22(23)24)5-10(11)14(16,17)18)19-7-9-8-20-1-3-21(9)4-2-20/h5-6,9,19H,1-4,7-8H2. The van der Waals surface area contributed by atoms with E-state index in [0.29, 0.717) is 12.6 Å². The number of anilines is 1. The van der Waals surface area contributed by atoms with E-state index in [4.69, 9.17) is 11.6 Å². The summed E-state index contributed by atoms with van der Waals surface area (Å²) < 4.78 is 38.6. The van der Waals surface area contributed by atoms with Crippen molar-refractivity contribution in [2.45, 2.75) is 12.2 Å². The molecule has 24 heavy (non-hydrogen) atoms. The summed E-state index contributed by atoms with van der Waals surface area (Å²) in [6.45, 7) is 5.13. The Morgan fingerprint density at radius 2 is 1.96 bits per heavy atom. The molecule has 0 aromatic heterocycles. The van der Waals surface area contributed by atoms with Crippen molar-refractivity contribution in [2.24, 2.45) is 0 Å². The van der Waals surface area contributed by atoms with Gasteiger partial charge in [-0.05, 0) is 6.07 Å². The Hall–Kier alpha value is -1.58. The van der Waals surface area contributed by atoms with E-state index < -0.39 is 27.4 Å². The third-order valence-corrected chi connectivity index (χ3v) is 4.82. The smallest absolute Gasteiger partial charge is 0.378 e. The predicted molar refractivity (Wildman–Crippen MR) is 83.4 cm³/mol. The highest BCUT2D eigenvalue weighted by Crippen LogP contribution is 2.40. The largest absolute Gasteiger partial charge is 0.418 e. The average molecular weight is 365 g/mol. The van der Waals surface area contributed by atoms with Gasteiger partial charge in [-0.3, -0.25) is 19.9 Å². The molecule has 3 saturated heterocycles. The molecule has 3 fully saturated rings. The van der Waals surface area contributed by atoms with Crippen LogP contribution in [0.15, 0.2) is 12.1 Å². The third kappa shape index (κ3) is 3.42. The molecule has 1 unspecified atom stereocenters. The molecule has 0 spiro atoms. The number of piperazine rings is 3. The second-order valence-corrected chi connectivity index (χ2v) is 6.38. The normalized spacial score (nSPS) is 26.4. The SMILES string of the molecule is O=[N+]([O-])c1cc(C(F)(F)F)c(Cl)cc1NCC1CN2CCN1CC2. The van der Waals surface area contributed by atoms with E-state index in [9.17, 15) is 23.3 Å². The molecule has 4 rings (SSSR count). The highest BCUT2D eigenvalue weighted by Gasteiger charge is 2.36. The van der Waals surface area contributed by atoms with Gasteiger partial charge in [0.2, 0.25) is 0 Å². The van der Waals surface area contributed by atoms with Gasteiger partial charge in [-0.2, -0.15) is 13.2 Å². The van der Waals surface area contributed by atoms with Crippen molar-refractivity contribution in [3.05, 3.63) is 32.8 Å². The van der Waals surface area contributed by atoms with E-state index in [-0.39, 0.29) is 11.7 Å². The number of nitrogens with zero attached hydrogens (tertiary/aromatic N) is 3. The Labute approximate surface area is 141 Å². The molecule has 0 amide bonds. The molecule has 1 atom stereocenters. The van der Waals surface area contributed by atoms with Gasteiger partial charge in [0.15, 0.2) is 0 Å². The first-order valence-corrected chi connectivity index (χ1v) is 7.89. The summed E-state index contributed by atoms with van der Waals surface area (Å²) in [5.74, 6) is 0. The number of alkyl halides is 3. The summed E-state index contributed by atoms with van der Waals surface area (Å²) in [4.78, 5) is 14.9. The number of halogens is 4. The Morgan fingerprint density at radius 3 is 2.46 bits per heavy atom. The number of nitrogens with one attached hydrogen (secondary N) is 1. The summed E-state index contributed by atoms with van der Waals surface area (Å²) >= 11 is 5.67. The molecular weight excluding hydrogens is 349 g/mol. The van der Waals surface area contributed by atoms with E-state index in [1.165, 1.54) is 0 Å². The molecule has 0 saturated carbocycles. The first-order valence-electron chi connectivity index (χ1n) is 7.51. The van der Waals surface area contributed by atoms with Gasteiger partial charge < -0.3 is 5.32 Å². The number of nitro groups is 1. The third-order valence-electron chi connectivity index (χ3n) is 4.51. The van der Waals surface area contributed by atoms with Gasteiger partial charge in [0.1, 0.15) is 5.69 Å². The molecule has 132 valence electrons. The van der Waals surface area contributed by atoms with Crippen molar-refractivity contribution in [3.8, 4) is 0 Å². The molecule has 2 bridgehead atoms. The van der Waals surface area contributed by atoms with Crippen LogP contribution in [-0.4, -0.2) is 60.0 Å². The van der Waals surface area contributed by atoms with Crippen LogP contribution < -0.4 is 5.32 Å². The number of nitro benzene ring substituents is 1. The summed E-state index contributed by atoms with van der Waals surface area (Å²) in [5.41, 5.74) is -1.81. The van der Waals surface area contributed by atoms with Crippen molar-refractivity contribution >= 4 is 23.0 Å². The number of hydrogen-bond acceptors (Lipinski definition) is 5. The Kier molecular flexibility index (Phi) is 4.58. The zero-order valence-corrected chi connectivity index (χ0v) is 13.4. The maximum absolute atomic E-state index is 12.9. The minimum Gasteiger partial charge on any atom is -0.378 e. The molecule has 6 nitrogen and oxygen atoms in total. The monoisotopic (exact) mass is 364 g/mol. The van der Waals surface area contributed by atoms with Crippen LogP contribution in [0.4, 0.5) is 24.5 Å². The van der Waals surface area contributed by atoms with Gasteiger partial charge >= 0.3 is 6.18 Å². The second kappa shape index (κ2) is 6.38. The van der Waals surface area contributed by atoms with E-state index in [1.54, 1.807) is 0 Å². The maximum Gasteiger partial charge on any atom is 0.418 e. The van der Waals surface area contributed by atoms with Crippen LogP contribution in [0, 0.1) is 10.1 Å². The van der Waals surface area contributed by atoms with E-state index in [0.717, 1.165) is 38.8 Å². The topological polar surface area (TPSA) is 61.7 Å². The van der Waals surface area contributed by atoms with E-state index in [1.807, 2.05) is 0 Å². The van der Waals surface area contributed by atoms with Gasteiger partial charge in [-0.25, -0.2) is 0 Å². The maximum atomic E-state index is 12.9. The molecule has 3 aliphatic heterocycles. The molecule has 10 heteroatoms. The van der Waals surface area contributed by atoms with Crippen molar-refractivity contribution in [1.82, 2.24) is 9.80 Å². The lowest BCUT2D eigenvalue weighted by Gasteiger charge is -2.47. The molecule has 1 aromatic carbocycles. The quantitative estimate of drug-likeness (QED) is 0.657. The first-order chi connectivity index (χ1) is 11.3. The summed E-state index contributed by atoms with van der Waals surface area (Å²) in [6.07, 6.45) is -4.73. The average Bonchev–Trinajstić information content (AvgIpc) is 2.52. The molecule has 0 aliphatic carbocycles. The van der Waals surface area contributed by atoms with Crippen LogP contribution in [0.1, 0.15) is 5.56 Å². The highest BCUT2D eigenvalue weighted by atomic mass is 35.5. The fraction of sp³-hybridized carbons (Fsp3) is 0.571. The lowest BCUT2D eigenvalue weighted by atomic mass is 10.1. The first kappa shape index (κ1) is 17.2. The van der Waals surface area contributed by atoms with Crippen molar-refractivity contribution in [1.29, 1.82) is 0 Å². The summed E-state index contributed by atoms with van der Waals surface area (Å²) in [5, 5.41) is 13.5. The zero-order chi connectivity index (χ0) is 17.5. The molecule has 3 aliphatic rings. The Morgan fingerprint density at radius 1 is 1.29 bits per heavy atom. The molecular formula is C14H16ClF3N4O2. The lowest BCUT2D eigenvalue weighted by Crippen LogP contribution is -2.62. The van der Waals surface area contributed by atoms with Gasteiger partial charge in [0.25, 0.3) is 5.69 Å². The minimum absolute atomic E-state index is 0.00986. The van der Waals surface area contributed by atoms with E-state index in [2.05, 4.69) is 15.1 Å². The summed E-state index contributed by atoms with van der Waals surface area (Å²) in [7, 11) is 0. The lowest BCUT2D eigenvalue weighted by molar-refractivity contribution is -0.384. The van der Waals surface area contributed by atoms with Crippen LogP contribution >= 0.6 is 11.6 Å². The summed E-state index contributed by atoms with van der Waals surface area (Å²) in [6, 6.07) is 1.65. The molecule has 3 heterocycles. The minimum atomic E-state index is -4.73. The number of hydrogen-bond donors (Lipinski definition) is 1. The van der Waals surface area contributed by atoms with Gasteiger partial charge in [-0.15, -0.1) is 0 Å². The van der Waals surface area contributed by atoms with Crippen LogP contribution in [0.5, 0.6) is 0 Å². The van der Waals surface area contributed by atoms with Crippen molar-refractivity contribution in [2.75, 3.05) is 44.6 Å². The van der Waals surface area contributed by atoms with Crippen LogP contribution in [0.3, 0.4) is 0 Å². The molecule has 1 aromatic rings. The van der Waals surface area contributed by atoms with E-state index >= 15 is 0 Å². The second-order valence-electron chi connectivity index (χ2n) is 5.98. The van der Waals surface area contributed by atoms with Gasteiger partial charge in [-0.1, -0.05) is 11.6 Å². The molecule has 0 radical (unpaired) electrons. The number of rotatable bonds is 4. The number of benzene rings is 1. The fourth-order valence-corrected chi connectivity index (χ4v) is 3.49. The molecule has 1 N–H and O–H groups in total. The Balaban J connectivity index is 1.80. The van der Waals surface area contributed by atoms with Crippen LogP contribution in [-0.2, 0) is 6.18 Å². The fourth-order valence-electron chi connectivity index (χ4n) is 3.22. The van der Waals surface area contributed by atoms with Gasteiger partial charge in [0.05, 0.1) is 15.5 Å². The zero-order valence-electron chi connectivity index (χ0n) is 12.6. The van der Waals surface area contributed by atoms with Crippen LogP contribution in [0.2, 0.25) is 5.02 Å².